The fourth-order valence-electron chi connectivity index (χ4n) is 1.64. The summed E-state index contributed by atoms with van der Waals surface area (Å²) in [5, 5.41) is 0. The van der Waals surface area contributed by atoms with Gasteiger partial charge in [-0.3, -0.25) is 4.72 Å². The van der Waals surface area contributed by atoms with E-state index in [0.717, 1.165) is 5.56 Å². The van der Waals surface area contributed by atoms with E-state index in [1.807, 2.05) is 6.92 Å². The van der Waals surface area contributed by atoms with Gasteiger partial charge in [0.15, 0.2) is 0 Å². The summed E-state index contributed by atoms with van der Waals surface area (Å²) in [6.07, 6.45) is 0. The first kappa shape index (κ1) is 13.9. The number of benzene rings is 2. The van der Waals surface area contributed by atoms with Gasteiger partial charge in [-0.25, -0.2) is 8.42 Å². The van der Waals surface area contributed by atoms with Gasteiger partial charge in [0, 0.05) is 4.47 Å². The molecule has 0 saturated heterocycles. The summed E-state index contributed by atoms with van der Waals surface area (Å²) in [6, 6.07) is 11.8. The average molecular weight is 341 g/mol. The van der Waals surface area contributed by atoms with Gasteiger partial charge < -0.3 is 5.73 Å². The molecule has 2 aromatic carbocycles. The van der Waals surface area contributed by atoms with E-state index in [9.17, 15) is 8.42 Å². The molecule has 2 rings (SSSR count). The molecule has 0 fully saturated rings. The van der Waals surface area contributed by atoms with Crippen molar-refractivity contribution in [1.29, 1.82) is 0 Å². The summed E-state index contributed by atoms with van der Waals surface area (Å²) in [6.45, 7) is 1.89. The first-order valence-electron chi connectivity index (χ1n) is 5.53. The van der Waals surface area contributed by atoms with Gasteiger partial charge in [-0.1, -0.05) is 18.2 Å². The van der Waals surface area contributed by atoms with Crippen LogP contribution in [0, 0.1) is 6.92 Å². The molecule has 6 heteroatoms. The van der Waals surface area contributed by atoms with Crippen molar-refractivity contribution in [1.82, 2.24) is 0 Å². The minimum absolute atomic E-state index is 0.176. The lowest BCUT2D eigenvalue weighted by Crippen LogP contribution is -2.14. The molecule has 0 radical (unpaired) electrons. The molecule has 0 bridgehead atoms. The Morgan fingerprint density at radius 1 is 1.16 bits per heavy atom. The second-order valence-electron chi connectivity index (χ2n) is 4.13. The van der Waals surface area contributed by atoms with Crippen LogP contribution < -0.4 is 10.5 Å². The molecule has 0 saturated carbocycles. The first-order valence-corrected chi connectivity index (χ1v) is 7.81. The van der Waals surface area contributed by atoms with Crippen molar-refractivity contribution >= 4 is 37.3 Å². The minimum atomic E-state index is -3.66. The Hall–Kier alpha value is -1.53. The normalized spacial score (nSPS) is 11.3. The topological polar surface area (TPSA) is 72.2 Å². The molecule has 0 aromatic heterocycles. The number of aryl methyl sites for hydroxylation is 1. The molecule has 0 atom stereocenters. The van der Waals surface area contributed by atoms with Crippen LogP contribution in [-0.4, -0.2) is 8.42 Å². The van der Waals surface area contributed by atoms with E-state index < -0.39 is 10.0 Å². The largest absolute Gasteiger partial charge is 0.397 e. The van der Waals surface area contributed by atoms with Crippen molar-refractivity contribution in [2.75, 3.05) is 10.5 Å². The number of sulfonamides is 1. The first-order chi connectivity index (χ1) is 8.90. The highest BCUT2D eigenvalue weighted by molar-refractivity contribution is 9.10. The third-order valence-electron chi connectivity index (χ3n) is 2.58. The highest BCUT2D eigenvalue weighted by atomic mass is 79.9. The summed E-state index contributed by atoms with van der Waals surface area (Å²) in [4.78, 5) is 0.176. The number of hydrogen-bond donors (Lipinski definition) is 2. The summed E-state index contributed by atoms with van der Waals surface area (Å²) in [5.74, 6) is 0. The standard InChI is InChI=1S/C13H13BrN2O2S/c1-9-6-7-12(11(15)8-9)16-19(17,18)13-5-3-2-4-10(13)14/h2-8,16H,15H2,1H3. The third-order valence-corrected chi connectivity index (χ3v) is 4.96. The molecule has 0 spiro atoms. The van der Waals surface area contributed by atoms with E-state index in [4.69, 9.17) is 5.73 Å². The van der Waals surface area contributed by atoms with Crippen molar-refractivity contribution in [2.24, 2.45) is 0 Å². The molecule has 0 aliphatic heterocycles. The van der Waals surface area contributed by atoms with Crippen LogP contribution >= 0.6 is 15.9 Å². The fraction of sp³-hybridized carbons (Fsp3) is 0.0769. The maximum atomic E-state index is 12.3. The maximum absolute atomic E-state index is 12.3. The SMILES string of the molecule is Cc1ccc(NS(=O)(=O)c2ccccc2Br)c(N)c1. The van der Waals surface area contributed by atoms with E-state index in [-0.39, 0.29) is 4.90 Å². The number of nitrogen functional groups attached to an aromatic ring is 1. The summed E-state index contributed by atoms with van der Waals surface area (Å²) in [5.41, 5.74) is 7.55. The predicted octanol–water partition coefficient (Wildman–Crippen LogP) is 3.14. The number of rotatable bonds is 3. The van der Waals surface area contributed by atoms with E-state index in [1.54, 1.807) is 36.4 Å². The average Bonchev–Trinajstić information content (AvgIpc) is 2.33. The molecule has 0 heterocycles. The number of anilines is 2. The van der Waals surface area contributed by atoms with Gasteiger partial charge in [0.25, 0.3) is 10.0 Å². The van der Waals surface area contributed by atoms with Crippen LogP contribution in [0.1, 0.15) is 5.56 Å². The van der Waals surface area contributed by atoms with Crippen LogP contribution in [0.15, 0.2) is 51.8 Å². The minimum Gasteiger partial charge on any atom is -0.397 e. The Labute approximate surface area is 120 Å². The zero-order valence-electron chi connectivity index (χ0n) is 10.2. The van der Waals surface area contributed by atoms with Gasteiger partial charge in [0.2, 0.25) is 0 Å². The Morgan fingerprint density at radius 3 is 2.47 bits per heavy atom. The van der Waals surface area contributed by atoms with Gasteiger partial charge in [0.05, 0.1) is 11.4 Å². The highest BCUT2D eigenvalue weighted by Crippen LogP contribution is 2.26. The molecule has 0 unspecified atom stereocenters. The van der Waals surface area contributed by atoms with Crippen LogP contribution in [0.25, 0.3) is 0 Å². The molecular weight excluding hydrogens is 328 g/mol. The molecular formula is C13H13BrN2O2S. The molecule has 0 amide bonds. The summed E-state index contributed by atoms with van der Waals surface area (Å²) >= 11 is 3.23. The van der Waals surface area contributed by atoms with Crippen molar-refractivity contribution < 1.29 is 8.42 Å². The quantitative estimate of drug-likeness (QED) is 0.843. The highest BCUT2D eigenvalue weighted by Gasteiger charge is 2.18. The second kappa shape index (κ2) is 5.22. The molecule has 2 aromatic rings. The van der Waals surface area contributed by atoms with Crippen molar-refractivity contribution in [3.63, 3.8) is 0 Å². The van der Waals surface area contributed by atoms with Gasteiger partial charge in [0.1, 0.15) is 4.90 Å². The van der Waals surface area contributed by atoms with E-state index >= 15 is 0 Å². The Morgan fingerprint density at radius 2 is 1.84 bits per heavy atom. The predicted molar refractivity (Wildman–Crippen MR) is 80.5 cm³/mol. The lowest BCUT2D eigenvalue weighted by atomic mass is 10.2. The van der Waals surface area contributed by atoms with Crippen molar-refractivity contribution in [3.8, 4) is 0 Å². The summed E-state index contributed by atoms with van der Waals surface area (Å²) in [7, 11) is -3.66. The van der Waals surface area contributed by atoms with Gasteiger partial charge in [-0.2, -0.15) is 0 Å². The van der Waals surface area contributed by atoms with Crippen LogP contribution in [0.3, 0.4) is 0 Å². The number of nitrogens with two attached hydrogens (primary N) is 1. The Kier molecular flexibility index (Phi) is 3.82. The van der Waals surface area contributed by atoms with Crippen molar-refractivity contribution in [3.05, 3.63) is 52.5 Å². The zero-order valence-corrected chi connectivity index (χ0v) is 12.6. The van der Waals surface area contributed by atoms with E-state index in [2.05, 4.69) is 20.7 Å². The Bertz CT molecular complexity index is 714. The maximum Gasteiger partial charge on any atom is 0.263 e. The monoisotopic (exact) mass is 340 g/mol. The number of halogens is 1. The zero-order chi connectivity index (χ0) is 14.0. The molecule has 3 N–H and O–H groups in total. The van der Waals surface area contributed by atoms with Crippen LogP contribution in [0.4, 0.5) is 11.4 Å². The van der Waals surface area contributed by atoms with E-state index in [0.29, 0.717) is 15.8 Å². The Balaban J connectivity index is 2.40. The molecule has 0 aliphatic carbocycles. The van der Waals surface area contributed by atoms with Crippen molar-refractivity contribution in [2.45, 2.75) is 11.8 Å². The van der Waals surface area contributed by atoms with E-state index in [1.165, 1.54) is 6.07 Å². The van der Waals surface area contributed by atoms with Crippen LogP contribution in [0.2, 0.25) is 0 Å². The second-order valence-corrected chi connectivity index (χ2v) is 6.63. The fourth-order valence-corrected chi connectivity index (χ4v) is 3.73. The lowest BCUT2D eigenvalue weighted by molar-refractivity contribution is 0.601. The molecule has 100 valence electrons. The van der Waals surface area contributed by atoms with Gasteiger partial charge in [-0.15, -0.1) is 0 Å². The number of nitrogens with one attached hydrogen (secondary N) is 1. The lowest BCUT2D eigenvalue weighted by Gasteiger charge is -2.11. The molecule has 0 aliphatic rings. The van der Waals surface area contributed by atoms with Gasteiger partial charge >= 0.3 is 0 Å². The van der Waals surface area contributed by atoms with Gasteiger partial charge in [-0.05, 0) is 52.7 Å². The van der Waals surface area contributed by atoms with Crippen LogP contribution in [0.5, 0.6) is 0 Å². The third kappa shape index (κ3) is 3.08. The molecule has 19 heavy (non-hydrogen) atoms. The number of hydrogen-bond acceptors (Lipinski definition) is 3. The molecule has 4 nitrogen and oxygen atoms in total. The van der Waals surface area contributed by atoms with Crippen LogP contribution in [-0.2, 0) is 10.0 Å². The smallest absolute Gasteiger partial charge is 0.263 e. The summed E-state index contributed by atoms with van der Waals surface area (Å²) < 4.78 is 27.5.